The van der Waals surface area contributed by atoms with Crippen LogP contribution in [0.5, 0.6) is 0 Å². The minimum atomic E-state index is -1.35. The molecule has 0 saturated heterocycles. The van der Waals surface area contributed by atoms with Crippen molar-refractivity contribution >= 4 is 11.8 Å². The van der Waals surface area contributed by atoms with Crippen molar-refractivity contribution in [3.05, 3.63) is 0 Å². The van der Waals surface area contributed by atoms with Crippen molar-refractivity contribution in [2.75, 3.05) is 6.54 Å². The van der Waals surface area contributed by atoms with Crippen LogP contribution >= 0.6 is 0 Å². The van der Waals surface area contributed by atoms with Crippen molar-refractivity contribution in [2.24, 2.45) is 11.5 Å². The van der Waals surface area contributed by atoms with Gasteiger partial charge in [-0.2, -0.15) is 0 Å². The highest BCUT2D eigenvalue weighted by molar-refractivity contribution is 5.83. The van der Waals surface area contributed by atoms with Gasteiger partial charge in [-0.15, -0.1) is 0 Å². The van der Waals surface area contributed by atoms with Crippen LogP contribution in [-0.2, 0) is 9.59 Å². The number of aliphatic hydroxyl groups is 1. The highest BCUT2D eigenvalue weighted by atomic mass is 16.3. The van der Waals surface area contributed by atoms with E-state index in [9.17, 15) is 9.59 Å². The Kier molecular flexibility index (Phi) is 4.24. The lowest BCUT2D eigenvalue weighted by atomic mass is 10.3. The lowest BCUT2D eigenvalue weighted by molar-refractivity contribution is -0.127. The number of hydrogen-bond donors (Lipinski definition) is 4. The topological polar surface area (TPSA) is 118 Å². The molecule has 6 heteroatoms. The minimum Gasteiger partial charge on any atom is -0.381 e. The van der Waals surface area contributed by atoms with Crippen LogP contribution in [0.2, 0.25) is 0 Å². The van der Waals surface area contributed by atoms with Gasteiger partial charge in [0, 0.05) is 0 Å². The zero-order chi connectivity index (χ0) is 9.72. The van der Waals surface area contributed by atoms with E-state index in [0.717, 1.165) is 0 Å². The number of carbonyl (C=O) groups is 2. The summed E-state index contributed by atoms with van der Waals surface area (Å²) in [7, 11) is 0. The first kappa shape index (κ1) is 10.9. The standard InChI is InChI=1S/C6H13N3O3/c1-3(7)6(12)9-2-4(10)5(8)11/h3-4,10H,2,7H2,1H3,(H2,8,11)(H,9,12)/t3-,4?/m1/s1. The predicted octanol–water partition coefficient (Wildman–Crippen LogP) is -2.70. The number of nitrogens with one attached hydrogen (secondary N) is 1. The maximum atomic E-state index is 10.8. The average Bonchev–Trinajstić information content (AvgIpc) is 1.98. The Morgan fingerprint density at radius 2 is 2.08 bits per heavy atom. The van der Waals surface area contributed by atoms with Gasteiger partial charge in [-0.05, 0) is 6.92 Å². The third kappa shape index (κ3) is 3.89. The first-order valence-corrected chi connectivity index (χ1v) is 3.45. The fourth-order valence-corrected chi connectivity index (χ4v) is 0.459. The highest BCUT2D eigenvalue weighted by Gasteiger charge is 2.13. The maximum Gasteiger partial charge on any atom is 0.248 e. The van der Waals surface area contributed by atoms with Crippen LogP contribution in [-0.4, -0.2) is 35.6 Å². The summed E-state index contributed by atoms with van der Waals surface area (Å²) in [5.41, 5.74) is 9.92. The normalized spacial score (nSPS) is 14.9. The van der Waals surface area contributed by atoms with Crippen molar-refractivity contribution in [2.45, 2.75) is 19.1 Å². The Bertz CT molecular complexity index is 181. The van der Waals surface area contributed by atoms with Gasteiger partial charge in [0.05, 0.1) is 12.6 Å². The molecular weight excluding hydrogens is 162 g/mol. The number of hydrogen-bond acceptors (Lipinski definition) is 4. The van der Waals surface area contributed by atoms with E-state index >= 15 is 0 Å². The summed E-state index contributed by atoms with van der Waals surface area (Å²) < 4.78 is 0. The number of primary amides is 1. The average molecular weight is 175 g/mol. The molecule has 6 nitrogen and oxygen atoms in total. The van der Waals surface area contributed by atoms with Gasteiger partial charge in [-0.1, -0.05) is 0 Å². The first-order valence-electron chi connectivity index (χ1n) is 3.45. The van der Waals surface area contributed by atoms with E-state index in [-0.39, 0.29) is 6.54 Å². The van der Waals surface area contributed by atoms with Crippen molar-refractivity contribution in [3.8, 4) is 0 Å². The molecule has 0 aliphatic rings. The van der Waals surface area contributed by atoms with Gasteiger partial charge in [0.1, 0.15) is 6.10 Å². The fraction of sp³-hybridized carbons (Fsp3) is 0.667. The van der Waals surface area contributed by atoms with Crippen molar-refractivity contribution in [1.29, 1.82) is 0 Å². The number of amides is 2. The molecule has 0 aliphatic heterocycles. The SMILES string of the molecule is C[C@@H](N)C(=O)NCC(O)C(N)=O. The monoisotopic (exact) mass is 175 g/mol. The lowest BCUT2D eigenvalue weighted by Gasteiger charge is -2.09. The second kappa shape index (κ2) is 4.68. The molecule has 0 aromatic carbocycles. The molecule has 0 fully saturated rings. The Balaban J connectivity index is 3.69. The second-order valence-electron chi connectivity index (χ2n) is 2.45. The van der Waals surface area contributed by atoms with Crippen molar-refractivity contribution in [1.82, 2.24) is 5.32 Å². The van der Waals surface area contributed by atoms with Gasteiger partial charge < -0.3 is 21.9 Å². The van der Waals surface area contributed by atoms with Gasteiger partial charge in [-0.25, -0.2) is 0 Å². The van der Waals surface area contributed by atoms with Crippen LogP contribution in [0.1, 0.15) is 6.92 Å². The fourth-order valence-electron chi connectivity index (χ4n) is 0.459. The first-order chi connectivity index (χ1) is 5.45. The number of rotatable bonds is 4. The summed E-state index contributed by atoms with van der Waals surface area (Å²) in [6.45, 7) is 1.29. The smallest absolute Gasteiger partial charge is 0.248 e. The maximum absolute atomic E-state index is 10.8. The van der Waals surface area contributed by atoms with Crippen molar-refractivity contribution < 1.29 is 14.7 Å². The van der Waals surface area contributed by atoms with Gasteiger partial charge in [0.25, 0.3) is 0 Å². The van der Waals surface area contributed by atoms with E-state index in [1.807, 2.05) is 0 Å². The van der Waals surface area contributed by atoms with E-state index in [1.165, 1.54) is 6.92 Å². The minimum absolute atomic E-state index is 0.199. The molecular formula is C6H13N3O3. The van der Waals surface area contributed by atoms with Crippen LogP contribution in [0.15, 0.2) is 0 Å². The highest BCUT2D eigenvalue weighted by Crippen LogP contribution is 1.79. The number of nitrogens with two attached hydrogens (primary N) is 2. The molecule has 6 N–H and O–H groups in total. The largest absolute Gasteiger partial charge is 0.381 e. The molecule has 0 bridgehead atoms. The Morgan fingerprint density at radius 3 is 2.42 bits per heavy atom. The van der Waals surface area contributed by atoms with Gasteiger partial charge >= 0.3 is 0 Å². The molecule has 0 rings (SSSR count). The molecule has 2 amide bonds. The zero-order valence-electron chi connectivity index (χ0n) is 6.78. The Labute approximate surface area is 69.9 Å². The third-order valence-electron chi connectivity index (χ3n) is 1.21. The molecule has 0 aromatic rings. The molecule has 0 aliphatic carbocycles. The molecule has 0 saturated carbocycles. The summed E-state index contributed by atoms with van der Waals surface area (Å²) >= 11 is 0. The van der Waals surface area contributed by atoms with Crippen LogP contribution in [0, 0.1) is 0 Å². The quantitative estimate of drug-likeness (QED) is 0.371. The van der Waals surface area contributed by atoms with E-state index in [2.05, 4.69) is 5.32 Å². The Morgan fingerprint density at radius 1 is 1.58 bits per heavy atom. The van der Waals surface area contributed by atoms with Gasteiger partial charge in [0.2, 0.25) is 11.8 Å². The molecule has 70 valence electrons. The second-order valence-corrected chi connectivity index (χ2v) is 2.45. The number of aliphatic hydroxyl groups excluding tert-OH is 1. The lowest BCUT2D eigenvalue weighted by Crippen LogP contribution is -2.45. The van der Waals surface area contributed by atoms with Crippen LogP contribution in [0.25, 0.3) is 0 Å². The van der Waals surface area contributed by atoms with Crippen molar-refractivity contribution in [3.63, 3.8) is 0 Å². The molecule has 2 atom stereocenters. The summed E-state index contributed by atoms with van der Waals surface area (Å²) in [4.78, 5) is 21.0. The third-order valence-corrected chi connectivity index (χ3v) is 1.21. The summed E-state index contributed by atoms with van der Waals surface area (Å²) in [6.07, 6.45) is -1.35. The number of carbonyl (C=O) groups excluding carboxylic acids is 2. The zero-order valence-corrected chi connectivity index (χ0v) is 6.78. The van der Waals surface area contributed by atoms with E-state index in [0.29, 0.717) is 0 Å². The van der Waals surface area contributed by atoms with Gasteiger partial charge in [-0.3, -0.25) is 9.59 Å². The molecule has 0 heterocycles. The molecule has 1 unspecified atom stereocenters. The molecule has 0 spiro atoms. The summed E-state index contributed by atoms with van der Waals surface area (Å²) in [5.74, 6) is -1.31. The van der Waals surface area contributed by atoms with Gasteiger partial charge in [0.15, 0.2) is 0 Å². The van der Waals surface area contributed by atoms with Crippen LogP contribution < -0.4 is 16.8 Å². The summed E-state index contributed by atoms with van der Waals surface area (Å²) in [6, 6.07) is -0.662. The Hall–Kier alpha value is -1.14. The van der Waals surface area contributed by atoms with E-state index < -0.39 is 24.0 Å². The predicted molar refractivity (Wildman–Crippen MR) is 41.9 cm³/mol. The van der Waals surface area contributed by atoms with Crippen LogP contribution in [0.4, 0.5) is 0 Å². The van der Waals surface area contributed by atoms with E-state index in [4.69, 9.17) is 16.6 Å². The molecule has 0 aromatic heterocycles. The molecule has 12 heavy (non-hydrogen) atoms. The van der Waals surface area contributed by atoms with Crippen LogP contribution in [0.3, 0.4) is 0 Å². The molecule has 0 radical (unpaired) electrons. The summed E-state index contributed by atoms with van der Waals surface area (Å²) in [5, 5.41) is 11.1. The van der Waals surface area contributed by atoms with E-state index in [1.54, 1.807) is 0 Å².